The molecule has 1 aliphatic rings. The third-order valence-corrected chi connectivity index (χ3v) is 2.86. The van der Waals surface area contributed by atoms with Gasteiger partial charge in [0.15, 0.2) is 0 Å². The zero-order valence-corrected chi connectivity index (χ0v) is 8.80. The molecular weight excluding hydrogens is 213 g/mol. The molecular formula is C10H12FN3O2. The van der Waals surface area contributed by atoms with E-state index in [1.807, 2.05) is 11.8 Å². The van der Waals surface area contributed by atoms with Gasteiger partial charge in [-0.15, -0.1) is 0 Å². The predicted molar refractivity (Wildman–Crippen MR) is 54.5 cm³/mol. The van der Waals surface area contributed by atoms with Crippen molar-refractivity contribution < 1.29 is 14.3 Å². The first-order chi connectivity index (χ1) is 7.58. The van der Waals surface area contributed by atoms with E-state index >= 15 is 0 Å². The minimum absolute atomic E-state index is 0.0596. The van der Waals surface area contributed by atoms with Crippen LogP contribution in [0.5, 0.6) is 0 Å². The number of hydrogen-bond donors (Lipinski definition) is 1. The third kappa shape index (κ3) is 1.95. The molecule has 1 saturated heterocycles. The van der Waals surface area contributed by atoms with Gasteiger partial charge in [-0.25, -0.2) is 9.97 Å². The summed E-state index contributed by atoms with van der Waals surface area (Å²) in [5, 5.41) is 8.97. The summed E-state index contributed by atoms with van der Waals surface area (Å²) in [7, 11) is 0. The highest BCUT2D eigenvalue weighted by molar-refractivity contribution is 5.72. The molecule has 1 aliphatic heterocycles. The number of hydrogen-bond acceptors (Lipinski definition) is 4. The topological polar surface area (TPSA) is 66.3 Å². The van der Waals surface area contributed by atoms with Gasteiger partial charge < -0.3 is 10.0 Å². The number of aromatic nitrogens is 2. The highest BCUT2D eigenvalue weighted by atomic mass is 19.1. The highest BCUT2D eigenvalue weighted by Crippen LogP contribution is 2.26. The second kappa shape index (κ2) is 4.03. The standard InChI is InChI=1S/C10H12FN3O2/c1-6-4-14(5-7(6)10(15)16)9-3-12-8(11)2-13-9/h2-3,6-7H,4-5H2,1H3,(H,15,16)/t6-,7-/m1/s1. The van der Waals surface area contributed by atoms with Crippen LogP contribution in [0.15, 0.2) is 12.4 Å². The Morgan fingerprint density at radius 1 is 1.50 bits per heavy atom. The molecule has 1 aromatic rings. The molecule has 1 N–H and O–H groups in total. The second-order valence-electron chi connectivity index (χ2n) is 4.02. The first-order valence-corrected chi connectivity index (χ1v) is 5.03. The number of aliphatic carboxylic acids is 1. The summed E-state index contributed by atoms with van der Waals surface area (Å²) >= 11 is 0. The fraction of sp³-hybridized carbons (Fsp3) is 0.500. The molecule has 5 nitrogen and oxygen atoms in total. The van der Waals surface area contributed by atoms with E-state index in [-0.39, 0.29) is 5.92 Å². The fourth-order valence-corrected chi connectivity index (χ4v) is 1.94. The van der Waals surface area contributed by atoms with Crippen LogP contribution in [-0.4, -0.2) is 34.1 Å². The van der Waals surface area contributed by atoms with Gasteiger partial charge in [-0.05, 0) is 5.92 Å². The van der Waals surface area contributed by atoms with E-state index in [4.69, 9.17) is 5.11 Å². The van der Waals surface area contributed by atoms with Gasteiger partial charge >= 0.3 is 5.97 Å². The average molecular weight is 225 g/mol. The van der Waals surface area contributed by atoms with Gasteiger partial charge in [-0.1, -0.05) is 6.92 Å². The van der Waals surface area contributed by atoms with Gasteiger partial charge in [-0.2, -0.15) is 4.39 Å². The maximum Gasteiger partial charge on any atom is 0.308 e. The molecule has 0 radical (unpaired) electrons. The minimum atomic E-state index is -0.801. The van der Waals surface area contributed by atoms with Crippen molar-refractivity contribution in [3.05, 3.63) is 18.3 Å². The quantitative estimate of drug-likeness (QED) is 0.805. The maximum atomic E-state index is 12.6. The lowest BCUT2D eigenvalue weighted by molar-refractivity contribution is -0.142. The van der Waals surface area contributed by atoms with Gasteiger partial charge in [0.05, 0.1) is 18.3 Å². The zero-order valence-electron chi connectivity index (χ0n) is 8.80. The van der Waals surface area contributed by atoms with Crippen molar-refractivity contribution in [1.29, 1.82) is 0 Å². The lowest BCUT2D eigenvalue weighted by Crippen LogP contribution is -2.23. The van der Waals surface area contributed by atoms with Crippen molar-refractivity contribution in [2.75, 3.05) is 18.0 Å². The van der Waals surface area contributed by atoms with Gasteiger partial charge in [0.2, 0.25) is 5.95 Å². The van der Waals surface area contributed by atoms with Crippen LogP contribution in [-0.2, 0) is 4.79 Å². The Labute approximate surface area is 91.9 Å². The van der Waals surface area contributed by atoms with Gasteiger partial charge in [0.25, 0.3) is 0 Å². The van der Waals surface area contributed by atoms with Crippen LogP contribution in [0.2, 0.25) is 0 Å². The largest absolute Gasteiger partial charge is 0.481 e. The van der Waals surface area contributed by atoms with Crippen molar-refractivity contribution in [1.82, 2.24) is 9.97 Å². The number of rotatable bonds is 2. The molecule has 86 valence electrons. The first kappa shape index (κ1) is 10.8. The number of anilines is 1. The number of carboxylic acid groups (broad SMARTS) is 1. The van der Waals surface area contributed by atoms with Gasteiger partial charge in [0.1, 0.15) is 5.82 Å². The van der Waals surface area contributed by atoms with E-state index < -0.39 is 17.8 Å². The number of halogens is 1. The van der Waals surface area contributed by atoms with Crippen LogP contribution >= 0.6 is 0 Å². The van der Waals surface area contributed by atoms with Crippen LogP contribution in [0, 0.1) is 17.8 Å². The summed E-state index contributed by atoms with van der Waals surface area (Å²) in [6.45, 7) is 2.89. The molecule has 2 rings (SSSR count). The van der Waals surface area contributed by atoms with Gasteiger partial charge in [0, 0.05) is 13.1 Å². The van der Waals surface area contributed by atoms with Crippen molar-refractivity contribution in [2.24, 2.45) is 11.8 Å². The van der Waals surface area contributed by atoms with E-state index in [2.05, 4.69) is 9.97 Å². The van der Waals surface area contributed by atoms with Crippen LogP contribution in [0.1, 0.15) is 6.92 Å². The molecule has 0 aliphatic carbocycles. The Bertz CT molecular complexity index is 396. The first-order valence-electron chi connectivity index (χ1n) is 5.03. The monoisotopic (exact) mass is 225 g/mol. The molecule has 0 unspecified atom stereocenters. The number of nitrogens with zero attached hydrogens (tertiary/aromatic N) is 3. The predicted octanol–water partition coefficient (Wildman–Crippen LogP) is 0.773. The van der Waals surface area contributed by atoms with Crippen molar-refractivity contribution in [2.45, 2.75) is 6.92 Å². The molecule has 16 heavy (non-hydrogen) atoms. The van der Waals surface area contributed by atoms with Crippen LogP contribution in [0.3, 0.4) is 0 Å². The number of carbonyl (C=O) groups is 1. The lowest BCUT2D eigenvalue weighted by Gasteiger charge is -2.15. The average Bonchev–Trinajstić information content (AvgIpc) is 2.61. The summed E-state index contributed by atoms with van der Waals surface area (Å²) in [5.41, 5.74) is 0. The van der Waals surface area contributed by atoms with Crippen molar-refractivity contribution in [3.63, 3.8) is 0 Å². The SMILES string of the molecule is C[C@@H]1CN(c2cnc(F)cn2)C[C@H]1C(=O)O. The molecule has 1 fully saturated rings. The summed E-state index contributed by atoms with van der Waals surface area (Å²) in [4.78, 5) is 20.1. The molecule has 0 saturated carbocycles. The van der Waals surface area contributed by atoms with Crippen LogP contribution in [0.25, 0.3) is 0 Å². The number of carboxylic acids is 1. The maximum absolute atomic E-state index is 12.6. The van der Waals surface area contributed by atoms with Gasteiger partial charge in [-0.3, -0.25) is 4.79 Å². The highest BCUT2D eigenvalue weighted by Gasteiger charge is 2.35. The molecule has 0 bridgehead atoms. The van der Waals surface area contributed by atoms with Crippen molar-refractivity contribution >= 4 is 11.8 Å². The summed E-state index contributed by atoms with van der Waals surface area (Å²) in [6.07, 6.45) is 2.36. The zero-order chi connectivity index (χ0) is 11.7. The molecule has 0 amide bonds. The molecule has 0 spiro atoms. The summed E-state index contributed by atoms with van der Waals surface area (Å²) < 4.78 is 12.6. The summed E-state index contributed by atoms with van der Waals surface area (Å²) in [6, 6.07) is 0. The van der Waals surface area contributed by atoms with E-state index in [1.54, 1.807) is 0 Å². The Balaban J connectivity index is 2.13. The van der Waals surface area contributed by atoms with Crippen molar-refractivity contribution in [3.8, 4) is 0 Å². The van der Waals surface area contributed by atoms with E-state index in [0.717, 1.165) is 6.20 Å². The molecule has 2 heterocycles. The second-order valence-corrected chi connectivity index (χ2v) is 4.02. The van der Waals surface area contributed by atoms with Crippen LogP contribution < -0.4 is 4.90 Å². The third-order valence-electron chi connectivity index (χ3n) is 2.86. The Hall–Kier alpha value is -1.72. The smallest absolute Gasteiger partial charge is 0.308 e. The Morgan fingerprint density at radius 2 is 2.25 bits per heavy atom. The molecule has 1 aromatic heterocycles. The Kier molecular flexibility index (Phi) is 2.72. The van der Waals surface area contributed by atoms with E-state index in [1.165, 1.54) is 6.20 Å². The fourth-order valence-electron chi connectivity index (χ4n) is 1.94. The molecule has 2 atom stereocenters. The Morgan fingerprint density at radius 3 is 2.75 bits per heavy atom. The lowest BCUT2D eigenvalue weighted by atomic mass is 9.99. The van der Waals surface area contributed by atoms with E-state index in [9.17, 15) is 9.18 Å². The summed E-state index contributed by atoms with van der Waals surface area (Å²) in [5.74, 6) is -1.25. The molecule has 0 aromatic carbocycles. The molecule has 6 heteroatoms. The normalized spacial score (nSPS) is 24.8. The van der Waals surface area contributed by atoms with E-state index in [0.29, 0.717) is 18.9 Å². The van der Waals surface area contributed by atoms with Crippen LogP contribution in [0.4, 0.5) is 10.2 Å². The minimum Gasteiger partial charge on any atom is -0.481 e.